The fourth-order valence-corrected chi connectivity index (χ4v) is 3.68. The largest absolute Gasteiger partial charge is 0.273 e. The fraction of sp³-hybridized carbons (Fsp3) is 0.500. The van der Waals surface area contributed by atoms with E-state index in [2.05, 4.69) is 10.5 Å². The highest BCUT2D eigenvalue weighted by Gasteiger charge is 2.38. The predicted octanol–water partition coefficient (Wildman–Crippen LogP) is 3.06. The first-order chi connectivity index (χ1) is 10.5. The van der Waals surface area contributed by atoms with Gasteiger partial charge in [-0.05, 0) is 50.0 Å². The molecule has 116 valence electrons. The number of hydrogen-bond donors (Lipinski definition) is 1. The number of benzene rings is 1. The highest BCUT2D eigenvalue weighted by atomic mass is 16.6. The molecule has 3 atom stereocenters. The molecular weight excluding hydrogens is 282 g/mol. The lowest BCUT2D eigenvalue weighted by atomic mass is 9.90. The normalized spacial score (nSPS) is 26.5. The third kappa shape index (κ3) is 2.86. The number of carbonyl (C=O) groups is 1. The number of hydrogen-bond acceptors (Lipinski definition) is 4. The lowest BCUT2D eigenvalue weighted by Crippen LogP contribution is -2.20. The van der Waals surface area contributed by atoms with Crippen LogP contribution in [0.25, 0.3) is 0 Å². The molecule has 0 heterocycles. The Morgan fingerprint density at radius 3 is 2.86 bits per heavy atom. The summed E-state index contributed by atoms with van der Waals surface area (Å²) in [4.78, 5) is 22.4. The standard InChI is InChI=1S/C16H19N3O3/c1-10-2-4-13(8-15(10)19(21)22)16(20)18-17-9-14-7-11-3-5-12(14)6-11/h2,4,8-9,11-12,14H,3,5-7H2,1H3,(H,18,20)/b17-9-/t11-,12-,14+/m0/s1. The maximum Gasteiger partial charge on any atom is 0.273 e. The third-order valence-electron chi connectivity index (χ3n) is 4.89. The number of nitro benzene ring substituents is 1. The van der Waals surface area contributed by atoms with Crippen LogP contribution >= 0.6 is 0 Å². The summed E-state index contributed by atoms with van der Waals surface area (Å²) in [6.07, 6.45) is 6.88. The summed E-state index contributed by atoms with van der Waals surface area (Å²) in [6.45, 7) is 1.65. The van der Waals surface area contributed by atoms with E-state index in [0.29, 0.717) is 17.4 Å². The van der Waals surface area contributed by atoms with Crippen molar-refractivity contribution in [3.63, 3.8) is 0 Å². The number of amides is 1. The van der Waals surface area contributed by atoms with E-state index in [1.807, 2.05) is 6.21 Å². The molecule has 22 heavy (non-hydrogen) atoms. The van der Waals surface area contributed by atoms with E-state index in [9.17, 15) is 14.9 Å². The number of nitro groups is 1. The van der Waals surface area contributed by atoms with Crippen LogP contribution in [-0.4, -0.2) is 17.0 Å². The Kier molecular flexibility index (Phi) is 3.92. The van der Waals surface area contributed by atoms with Crippen molar-refractivity contribution in [1.82, 2.24) is 5.43 Å². The average Bonchev–Trinajstić information content (AvgIpc) is 3.10. The van der Waals surface area contributed by atoms with Crippen molar-refractivity contribution in [2.24, 2.45) is 22.9 Å². The topological polar surface area (TPSA) is 84.6 Å². The van der Waals surface area contributed by atoms with E-state index in [1.54, 1.807) is 19.1 Å². The van der Waals surface area contributed by atoms with Crippen molar-refractivity contribution in [2.45, 2.75) is 32.6 Å². The summed E-state index contributed by atoms with van der Waals surface area (Å²) >= 11 is 0. The van der Waals surface area contributed by atoms with Gasteiger partial charge in [0.1, 0.15) is 0 Å². The molecule has 2 aliphatic rings. The summed E-state index contributed by atoms with van der Waals surface area (Å²) in [5.41, 5.74) is 3.21. The van der Waals surface area contributed by atoms with Gasteiger partial charge < -0.3 is 0 Å². The van der Waals surface area contributed by atoms with Gasteiger partial charge in [0.2, 0.25) is 0 Å². The van der Waals surface area contributed by atoms with E-state index >= 15 is 0 Å². The second-order valence-corrected chi connectivity index (χ2v) is 6.32. The van der Waals surface area contributed by atoms with Crippen LogP contribution in [0, 0.1) is 34.8 Å². The number of aryl methyl sites for hydroxylation is 1. The Hall–Kier alpha value is -2.24. The molecule has 6 nitrogen and oxygen atoms in total. The molecule has 3 rings (SSSR count). The molecular formula is C16H19N3O3. The van der Waals surface area contributed by atoms with Gasteiger partial charge >= 0.3 is 0 Å². The van der Waals surface area contributed by atoms with Gasteiger partial charge in [-0.3, -0.25) is 14.9 Å². The maximum atomic E-state index is 12.0. The number of nitrogens with zero attached hydrogens (tertiary/aromatic N) is 2. The summed E-state index contributed by atoms with van der Waals surface area (Å²) in [7, 11) is 0. The van der Waals surface area contributed by atoms with Crippen LogP contribution < -0.4 is 5.43 Å². The second-order valence-electron chi connectivity index (χ2n) is 6.32. The highest BCUT2D eigenvalue weighted by molar-refractivity contribution is 5.95. The highest BCUT2D eigenvalue weighted by Crippen LogP contribution is 2.47. The van der Waals surface area contributed by atoms with Crippen molar-refractivity contribution in [3.8, 4) is 0 Å². The molecule has 2 aliphatic carbocycles. The Morgan fingerprint density at radius 2 is 2.23 bits per heavy atom. The zero-order valence-corrected chi connectivity index (χ0v) is 12.5. The van der Waals surface area contributed by atoms with Crippen molar-refractivity contribution >= 4 is 17.8 Å². The van der Waals surface area contributed by atoms with Gasteiger partial charge in [-0.15, -0.1) is 0 Å². The molecule has 6 heteroatoms. The lowest BCUT2D eigenvalue weighted by molar-refractivity contribution is -0.385. The summed E-state index contributed by atoms with van der Waals surface area (Å²) in [5.74, 6) is 1.59. The van der Waals surface area contributed by atoms with Gasteiger partial charge in [-0.1, -0.05) is 12.5 Å². The zero-order chi connectivity index (χ0) is 15.7. The van der Waals surface area contributed by atoms with Gasteiger partial charge in [0.05, 0.1) is 4.92 Å². The van der Waals surface area contributed by atoms with Gasteiger partial charge in [-0.25, -0.2) is 5.43 Å². The molecule has 0 radical (unpaired) electrons. The molecule has 2 fully saturated rings. The van der Waals surface area contributed by atoms with Crippen LogP contribution in [0.5, 0.6) is 0 Å². The first-order valence-corrected chi connectivity index (χ1v) is 7.63. The molecule has 0 aliphatic heterocycles. The quantitative estimate of drug-likeness (QED) is 0.527. The smallest absolute Gasteiger partial charge is 0.267 e. The van der Waals surface area contributed by atoms with E-state index in [0.717, 1.165) is 5.92 Å². The van der Waals surface area contributed by atoms with Gasteiger partial charge in [0, 0.05) is 23.4 Å². The van der Waals surface area contributed by atoms with E-state index in [-0.39, 0.29) is 11.3 Å². The van der Waals surface area contributed by atoms with Crippen LogP contribution in [0.4, 0.5) is 5.69 Å². The molecule has 2 bridgehead atoms. The van der Waals surface area contributed by atoms with Crippen LogP contribution in [0.15, 0.2) is 23.3 Å². The number of fused-ring (bicyclic) bond motifs is 2. The first-order valence-electron chi connectivity index (χ1n) is 7.63. The molecule has 0 saturated heterocycles. The predicted molar refractivity (Wildman–Crippen MR) is 82.7 cm³/mol. The zero-order valence-electron chi connectivity index (χ0n) is 12.5. The third-order valence-corrected chi connectivity index (χ3v) is 4.89. The molecule has 0 spiro atoms. The number of nitrogens with one attached hydrogen (secondary N) is 1. The van der Waals surface area contributed by atoms with Crippen LogP contribution in [-0.2, 0) is 0 Å². The SMILES string of the molecule is Cc1ccc(C(=O)N/N=C\[C@H]2C[C@H]3CC[C@H]2C3)cc1[N+](=O)[O-]. The number of carbonyl (C=O) groups excluding carboxylic acids is 1. The molecule has 1 aromatic carbocycles. The summed E-state index contributed by atoms with van der Waals surface area (Å²) < 4.78 is 0. The van der Waals surface area contributed by atoms with Crippen LogP contribution in [0.3, 0.4) is 0 Å². The molecule has 0 aromatic heterocycles. The second kappa shape index (κ2) is 5.87. The molecule has 2 saturated carbocycles. The number of rotatable bonds is 4. The minimum absolute atomic E-state index is 0.0512. The Balaban J connectivity index is 1.62. The van der Waals surface area contributed by atoms with E-state index in [4.69, 9.17) is 0 Å². The van der Waals surface area contributed by atoms with E-state index in [1.165, 1.54) is 31.7 Å². The van der Waals surface area contributed by atoms with Gasteiger partial charge in [-0.2, -0.15) is 5.10 Å². The van der Waals surface area contributed by atoms with Gasteiger partial charge in [0.15, 0.2) is 0 Å². The molecule has 0 unspecified atom stereocenters. The van der Waals surface area contributed by atoms with Crippen molar-refractivity contribution in [2.75, 3.05) is 0 Å². The van der Waals surface area contributed by atoms with Crippen molar-refractivity contribution in [1.29, 1.82) is 0 Å². The van der Waals surface area contributed by atoms with Gasteiger partial charge in [0.25, 0.3) is 11.6 Å². The van der Waals surface area contributed by atoms with Crippen LogP contribution in [0.2, 0.25) is 0 Å². The Bertz CT molecular complexity index is 642. The molecule has 1 amide bonds. The lowest BCUT2D eigenvalue weighted by Gasteiger charge is -2.16. The maximum absolute atomic E-state index is 12.0. The van der Waals surface area contributed by atoms with Crippen molar-refractivity contribution in [3.05, 3.63) is 39.4 Å². The first kappa shape index (κ1) is 14.7. The summed E-state index contributed by atoms with van der Waals surface area (Å²) in [6, 6.07) is 4.44. The van der Waals surface area contributed by atoms with Crippen molar-refractivity contribution < 1.29 is 9.72 Å². The molecule has 1 aromatic rings. The minimum atomic E-state index is -0.482. The van der Waals surface area contributed by atoms with Crippen LogP contribution in [0.1, 0.15) is 41.6 Å². The fourth-order valence-electron chi connectivity index (χ4n) is 3.68. The summed E-state index contributed by atoms with van der Waals surface area (Å²) in [5, 5.41) is 15.0. The Morgan fingerprint density at radius 1 is 1.41 bits per heavy atom. The monoisotopic (exact) mass is 301 g/mol. The Labute approximate surface area is 128 Å². The molecule has 1 N–H and O–H groups in total. The minimum Gasteiger partial charge on any atom is -0.267 e. The number of hydrazone groups is 1. The van der Waals surface area contributed by atoms with E-state index < -0.39 is 10.8 Å². The average molecular weight is 301 g/mol.